The van der Waals surface area contributed by atoms with E-state index in [1.807, 2.05) is 6.26 Å². The van der Waals surface area contributed by atoms with Crippen LogP contribution in [0.2, 0.25) is 5.02 Å². The van der Waals surface area contributed by atoms with Crippen molar-refractivity contribution in [2.45, 2.75) is 44.2 Å². The summed E-state index contributed by atoms with van der Waals surface area (Å²) in [7, 11) is -3.85. The van der Waals surface area contributed by atoms with E-state index in [9.17, 15) is 13.2 Å². The lowest BCUT2D eigenvalue weighted by molar-refractivity contribution is -0.149. The molecule has 0 aliphatic heterocycles. The zero-order chi connectivity index (χ0) is 17.6. The molecule has 0 aliphatic carbocycles. The van der Waals surface area contributed by atoms with Crippen molar-refractivity contribution in [2.75, 3.05) is 12.0 Å². The number of halogens is 1. The summed E-state index contributed by atoms with van der Waals surface area (Å²) in [5.74, 6) is 0.0607. The van der Waals surface area contributed by atoms with Crippen molar-refractivity contribution in [3.8, 4) is 0 Å². The Labute approximate surface area is 147 Å². The molecule has 1 aromatic rings. The highest BCUT2D eigenvalue weighted by molar-refractivity contribution is 7.98. The van der Waals surface area contributed by atoms with Gasteiger partial charge in [-0.25, -0.2) is 8.42 Å². The van der Waals surface area contributed by atoms with Crippen LogP contribution in [-0.2, 0) is 19.6 Å². The fourth-order valence-electron chi connectivity index (χ4n) is 1.77. The van der Waals surface area contributed by atoms with E-state index in [0.717, 1.165) is 5.56 Å². The zero-order valence-corrected chi connectivity index (χ0v) is 16.0. The summed E-state index contributed by atoms with van der Waals surface area (Å²) in [6.45, 7) is 5.23. The molecule has 1 aromatic carbocycles. The van der Waals surface area contributed by atoms with Gasteiger partial charge in [-0.1, -0.05) is 17.7 Å². The van der Waals surface area contributed by atoms with Gasteiger partial charge in [0, 0.05) is 5.02 Å². The van der Waals surface area contributed by atoms with Crippen LogP contribution in [0.15, 0.2) is 23.1 Å². The van der Waals surface area contributed by atoms with Crippen LogP contribution in [0.5, 0.6) is 0 Å². The van der Waals surface area contributed by atoms with Gasteiger partial charge in [0.05, 0.1) is 11.0 Å². The van der Waals surface area contributed by atoms with Gasteiger partial charge in [0.2, 0.25) is 10.0 Å². The van der Waals surface area contributed by atoms with Gasteiger partial charge in [-0.2, -0.15) is 16.5 Å². The lowest BCUT2D eigenvalue weighted by atomic mass is 10.2. The highest BCUT2D eigenvalue weighted by atomic mass is 35.5. The number of rotatable bonds is 8. The summed E-state index contributed by atoms with van der Waals surface area (Å²) >= 11 is 7.51. The predicted octanol–water partition coefficient (Wildman–Crippen LogP) is 3.00. The van der Waals surface area contributed by atoms with E-state index in [1.54, 1.807) is 26.8 Å². The van der Waals surface area contributed by atoms with Crippen molar-refractivity contribution in [1.29, 1.82) is 0 Å². The first-order chi connectivity index (χ1) is 10.7. The molecule has 8 heteroatoms. The van der Waals surface area contributed by atoms with Crippen molar-refractivity contribution in [3.05, 3.63) is 28.8 Å². The van der Waals surface area contributed by atoms with E-state index in [0.29, 0.717) is 17.2 Å². The summed E-state index contributed by atoms with van der Waals surface area (Å²) in [4.78, 5) is 12.1. The van der Waals surface area contributed by atoms with Crippen LogP contribution in [0.4, 0.5) is 0 Å². The number of benzene rings is 1. The van der Waals surface area contributed by atoms with E-state index < -0.39 is 22.0 Å². The van der Waals surface area contributed by atoms with Crippen LogP contribution >= 0.6 is 23.4 Å². The van der Waals surface area contributed by atoms with Gasteiger partial charge in [-0.3, -0.25) is 4.79 Å². The number of hydrogen-bond donors (Lipinski definition) is 1. The molecule has 23 heavy (non-hydrogen) atoms. The van der Waals surface area contributed by atoms with Crippen LogP contribution in [0.1, 0.15) is 25.8 Å². The predicted molar refractivity (Wildman–Crippen MR) is 94.5 cm³/mol. The van der Waals surface area contributed by atoms with Gasteiger partial charge in [0.25, 0.3) is 0 Å². The molecule has 0 radical (unpaired) electrons. The van der Waals surface area contributed by atoms with Gasteiger partial charge in [0.15, 0.2) is 0 Å². The maximum atomic E-state index is 12.5. The molecule has 1 rings (SSSR count). The molecule has 0 spiro atoms. The van der Waals surface area contributed by atoms with Gasteiger partial charge in [-0.15, -0.1) is 0 Å². The Hall–Kier alpha value is -0.760. The second-order valence-corrected chi connectivity index (χ2v) is 8.46. The fraction of sp³-hybridized carbons (Fsp3) is 0.533. The van der Waals surface area contributed by atoms with Crippen molar-refractivity contribution in [2.24, 2.45) is 0 Å². The molecule has 0 saturated carbocycles. The lowest BCUT2D eigenvalue weighted by Crippen LogP contribution is -2.42. The van der Waals surface area contributed by atoms with Gasteiger partial charge in [-0.05, 0) is 56.9 Å². The molecule has 0 fully saturated rings. The molecule has 1 unspecified atom stereocenters. The smallest absolute Gasteiger partial charge is 0.324 e. The van der Waals surface area contributed by atoms with E-state index in [2.05, 4.69) is 4.72 Å². The van der Waals surface area contributed by atoms with Gasteiger partial charge in [0.1, 0.15) is 6.04 Å². The minimum atomic E-state index is -3.85. The van der Waals surface area contributed by atoms with Crippen molar-refractivity contribution in [1.82, 2.24) is 4.72 Å². The standard InChI is InChI=1S/C15H22ClNO4S2/c1-10(2)21-15(18)14(7-8-22-4)17-23(19,20)12-6-5-11(3)13(16)9-12/h5-6,9-10,14,17H,7-8H2,1-4H3. The molecule has 0 saturated heterocycles. The number of esters is 1. The van der Waals surface area contributed by atoms with E-state index in [-0.39, 0.29) is 11.0 Å². The Bertz CT molecular complexity index is 647. The van der Waals surface area contributed by atoms with Crippen LogP contribution in [0.3, 0.4) is 0 Å². The van der Waals surface area contributed by atoms with E-state index in [1.165, 1.54) is 23.9 Å². The van der Waals surface area contributed by atoms with Crippen LogP contribution in [-0.4, -0.2) is 38.5 Å². The molecule has 5 nitrogen and oxygen atoms in total. The molecular formula is C15H22ClNO4S2. The monoisotopic (exact) mass is 379 g/mol. The average molecular weight is 380 g/mol. The minimum Gasteiger partial charge on any atom is -0.462 e. The third-order valence-electron chi connectivity index (χ3n) is 3.00. The highest BCUT2D eigenvalue weighted by Crippen LogP contribution is 2.20. The first kappa shape index (κ1) is 20.3. The largest absolute Gasteiger partial charge is 0.462 e. The number of carbonyl (C=O) groups is 1. The normalized spacial score (nSPS) is 13.1. The SMILES string of the molecule is CSCCC(NS(=O)(=O)c1ccc(C)c(Cl)c1)C(=O)OC(C)C. The first-order valence-electron chi connectivity index (χ1n) is 7.15. The summed E-state index contributed by atoms with van der Waals surface area (Å²) in [6.07, 6.45) is 1.93. The molecule has 0 bridgehead atoms. The van der Waals surface area contributed by atoms with Crippen LogP contribution in [0, 0.1) is 6.92 Å². The summed E-state index contributed by atoms with van der Waals surface area (Å²) < 4.78 is 32.5. The molecule has 0 aliphatic rings. The Morgan fingerprint density at radius 2 is 2.04 bits per heavy atom. The Kier molecular flexibility index (Phi) is 7.86. The maximum absolute atomic E-state index is 12.5. The quantitative estimate of drug-likeness (QED) is 0.703. The van der Waals surface area contributed by atoms with E-state index in [4.69, 9.17) is 16.3 Å². The number of ether oxygens (including phenoxy) is 1. The third-order valence-corrected chi connectivity index (χ3v) is 5.52. The zero-order valence-electron chi connectivity index (χ0n) is 13.6. The molecule has 0 amide bonds. The van der Waals surface area contributed by atoms with Crippen LogP contribution in [0.25, 0.3) is 0 Å². The topological polar surface area (TPSA) is 72.5 Å². The number of aryl methyl sites for hydroxylation is 1. The number of thioether (sulfide) groups is 1. The fourth-order valence-corrected chi connectivity index (χ4v) is 3.73. The summed E-state index contributed by atoms with van der Waals surface area (Å²) in [6, 6.07) is 3.54. The average Bonchev–Trinajstić information content (AvgIpc) is 2.45. The number of carbonyl (C=O) groups excluding carboxylic acids is 1. The minimum absolute atomic E-state index is 0.0274. The molecule has 1 atom stereocenters. The second kappa shape index (κ2) is 8.92. The molecule has 1 N–H and O–H groups in total. The number of hydrogen-bond acceptors (Lipinski definition) is 5. The van der Waals surface area contributed by atoms with Crippen LogP contribution < -0.4 is 4.72 Å². The van der Waals surface area contributed by atoms with E-state index >= 15 is 0 Å². The Morgan fingerprint density at radius 1 is 1.39 bits per heavy atom. The Morgan fingerprint density at radius 3 is 2.57 bits per heavy atom. The molecule has 0 heterocycles. The summed E-state index contributed by atoms with van der Waals surface area (Å²) in [5.41, 5.74) is 0.781. The van der Waals surface area contributed by atoms with Crippen molar-refractivity contribution >= 4 is 39.4 Å². The van der Waals surface area contributed by atoms with Crippen molar-refractivity contribution < 1.29 is 17.9 Å². The highest BCUT2D eigenvalue weighted by Gasteiger charge is 2.27. The molecular weight excluding hydrogens is 358 g/mol. The number of nitrogens with one attached hydrogen (secondary N) is 1. The summed E-state index contributed by atoms with van der Waals surface area (Å²) in [5, 5.41) is 0.360. The lowest BCUT2D eigenvalue weighted by Gasteiger charge is -2.19. The molecule has 0 aromatic heterocycles. The first-order valence-corrected chi connectivity index (χ1v) is 10.4. The third kappa shape index (κ3) is 6.33. The Balaban J connectivity index is 2.99. The van der Waals surface area contributed by atoms with Gasteiger partial charge >= 0.3 is 5.97 Å². The molecule has 130 valence electrons. The van der Waals surface area contributed by atoms with Gasteiger partial charge < -0.3 is 4.74 Å². The second-order valence-electron chi connectivity index (χ2n) is 5.35. The maximum Gasteiger partial charge on any atom is 0.324 e. The number of sulfonamides is 1. The van der Waals surface area contributed by atoms with Crippen molar-refractivity contribution in [3.63, 3.8) is 0 Å².